The zero-order valence-corrected chi connectivity index (χ0v) is 14.6. The molecule has 0 radical (unpaired) electrons. The molecule has 0 aromatic rings. The van der Waals surface area contributed by atoms with Crippen LogP contribution in [0.4, 0.5) is 0 Å². The Bertz CT molecular complexity index is 730. The van der Waals surface area contributed by atoms with E-state index in [1.807, 2.05) is 6.92 Å². The summed E-state index contributed by atoms with van der Waals surface area (Å²) < 4.78 is 45.2. The monoisotopic (exact) mass is 372 g/mol. The smallest absolute Gasteiger partial charge is 0.344 e. The van der Waals surface area contributed by atoms with E-state index in [9.17, 15) is 18.0 Å². The molecule has 6 bridgehead atoms. The topological polar surface area (TPSA) is 105 Å². The molecule has 5 rings (SSSR count). The summed E-state index contributed by atoms with van der Waals surface area (Å²) in [4.78, 5) is 22.3. The van der Waals surface area contributed by atoms with Crippen molar-refractivity contribution in [3.05, 3.63) is 12.7 Å². The predicted molar refractivity (Wildman–Crippen MR) is 82.6 cm³/mol. The zero-order valence-electron chi connectivity index (χ0n) is 13.8. The third-order valence-electron chi connectivity index (χ3n) is 6.00. The van der Waals surface area contributed by atoms with E-state index >= 15 is 0 Å². The maximum atomic E-state index is 12.2. The summed E-state index contributed by atoms with van der Waals surface area (Å²) in [6, 6.07) is 0. The van der Waals surface area contributed by atoms with Crippen LogP contribution in [0.15, 0.2) is 12.7 Å². The molecule has 1 heterocycles. The first-order valence-corrected chi connectivity index (χ1v) is 9.75. The van der Waals surface area contributed by atoms with Crippen molar-refractivity contribution in [3.63, 3.8) is 0 Å². The van der Waals surface area contributed by atoms with Gasteiger partial charge in [0.1, 0.15) is 12.7 Å². The van der Waals surface area contributed by atoms with E-state index in [-0.39, 0.29) is 36.6 Å². The van der Waals surface area contributed by atoms with Gasteiger partial charge in [-0.05, 0) is 24.2 Å². The van der Waals surface area contributed by atoms with Gasteiger partial charge in [0, 0.05) is 11.5 Å². The Hall–Kier alpha value is -1.45. The first kappa shape index (κ1) is 17.0. The molecule has 7 unspecified atom stereocenters. The van der Waals surface area contributed by atoms with E-state index in [0.717, 1.165) is 12.5 Å². The molecule has 1 aliphatic heterocycles. The number of hydrogen-bond acceptors (Lipinski definition) is 8. The highest BCUT2D eigenvalue weighted by Crippen LogP contribution is 2.76. The molecule has 0 aromatic heterocycles. The van der Waals surface area contributed by atoms with Crippen LogP contribution >= 0.6 is 0 Å². The van der Waals surface area contributed by atoms with Gasteiger partial charge in [-0.25, -0.2) is 9.59 Å². The predicted octanol–water partition coefficient (Wildman–Crippen LogP) is 0.0270. The molecular formula is C16H20O8S. The third-order valence-corrected chi connectivity index (χ3v) is 7.95. The molecule has 0 spiro atoms. The number of carbonyl (C=O) groups is 2. The van der Waals surface area contributed by atoms with Crippen molar-refractivity contribution >= 4 is 22.1 Å². The standard InChI is InChI=1S/C16H20O8S/c1-3-9(17)23-7-10(18)21-4-5-22-13-11-8-6-16(2)14(13)24-25(19,20)15(16)12(8)11/h3,8,11-15H,1,4-7H2,2H3. The highest BCUT2D eigenvalue weighted by molar-refractivity contribution is 7.87. The van der Waals surface area contributed by atoms with Gasteiger partial charge in [0.2, 0.25) is 0 Å². The number of ether oxygens (including phenoxy) is 3. The molecule has 9 heteroatoms. The van der Waals surface area contributed by atoms with Gasteiger partial charge in [-0.15, -0.1) is 0 Å². The molecular weight excluding hydrogens is 352 g/mol. The minimum absolute atomic E-state index is 0.00262. The summed E-state index contributed by atoms with van der Waals surface area (Å²) in [5.74, 6) is -0.619. The molecule has 4 aliphatic carbocycles. The third kappa shape index (κ3) is 2.43. The van der Waals surface area contributed by atoms with Crippen LogP contribution < -0.4 is 0 Å². The van der Waals surface area contributed by atoms with E-state index < -0.39 is 40.0 Å². The fraction of sp³-hybridized carbons (Fsp3) is 0.750. The van der Waals surface area contributed by atoms with Crippen molar-refractivity contribution in [2.24, 2.45) is 23.2 Å². The summed E-state index contributed by atoms with van der Waals surface area (Å²) in [7, 11) is -3.51. The second kappa shape index (κ2) is 5.52. The summed E-state index contributed by atoms with van der Waals surface area (Å²) in [6.45, 7) is 4.85. The molecule has 0 amide bonds. The molecule has 4 saturated carbocycles. The van der Waals surface area contributed by atoms with E-state index in [0.29, 0.717) is 5.92 Å². The van der Waals surface area contributed by atoms with Gasteiger partial charge >= 0.3 is 11.9 Å². The van der Waals surface area contributed by atoms with Gasteiger partial charge in [0.05, 0.1) is 18.0 Å². The van der Waals surface area contributed by atoms with Crippen LogP contribution in [0.1, 0.15) is 13.3 Å². The minimum atomic E-state index is -3.51. The molecule has 7 atom stereocenters. The van der Waals surface area contributed by atoms with Crippen molar-refractivity contribution in [2.75, 3.05) is 19.8 Å². The Morgan fingerprint density at radius 3 is 2.76 bits per heavy atom. The van der Waals surface area contributed by atoms with Gasteiger partial charge in [0.15, 0.2) is 6.61 Å². The van der Waals surface area contributed by atoms with Crippen LogP contribution in [0.2, 0.25) is 0 Å². The van der Waals surface area contributed by atoms with Crippen LogP contribution in [0, 0.1) is 23.2 Å². The lowest BCUT2D eigenvalue weighted by Gasteiger charge is -2.41. The lowest BCUT2D eigenvalue weighted by atomic mass is 9.69. The summed E-state index contributed by atoms with van der Waals surface area (Å²) in [5, 5.41) is -0.391. The maximum absolute atomic E-state index is 12.2. The summed E-state index contributed by atoms with van der Waals surface area (Å²) in [5.41, 5.74) is -0.372. The molecule has 1 saturated heterocycles. The van der Waals surface area contributed by atoms with Gasteiger partial charge in [0.25, 0.3) is 10.1 Å². The first-order chi connectivity index (χ1) is 11.8. The van der Waals surface area contributed by atoms with Crippen molar-refractivity contribution < 1.29 is 36.4 Å². The Labute approximate surface area is 145 Å². The first-order valence-electron chi connectivity index (χ1n) is 8.28. The van der Waals surface area contributed by atoms with Gasteiger partial charge < -0.3 is 14.2 Å². The van der Waals surface area contributed by atoms with E-state index in [1.54, 1.807) is 0 Å². The Morgan fingerprint density at radius 1 is 1.28 bits per heavy atom. The molecule has 138 valence electrons. The molecule has 5 aliphatic rings. The number of esters is 2. The SMILES string of the molecule is C=CC(=O)OCC(=O)OCCOC1C2C3CC4(C)C1OS(=O)(=O)C4C32. The van der Waals surface area contributed by atoms with Gasteiger partial charge in [-0.1, -0.05) is 13.5 Å². The summed E-state index contributed by atoms with van der Waals surface area (Å²) >= 11 is 0. The number of rotatable bonds is 7. The largest absolute Gasteiger partial charge is 0.461 e. The minimum Gasteiger partial charge on any atom is -0.461 e. The van der Waals surface area contributed by atoms with E-state index in [2.05, 4.69) is 11.3 Å². The molecule has 5 fully saturated rings. The average molecular weight is 372 g/mol. The Kier molecular flexibility index (Phi) is 3.75. The lowest BCUT2D eigenvalue weighted by Crippen LogP contribution is -2.51. The summed E-state index contributed by atoms with van der Waals surface area (Å²) in [6.07, 6.45) is 1.10. The van der Waals surface area contributed by atoms with E-state index in [4.69, 9.17) is 13.7 Å². The second-order valence-electron chi connectivity index (χ2n) is 7.33. The van der Waals surface area contributed by atoms with Crippen molar-refractivity contribution in [1.29, 1.82) is 0 Å². The highest BCUT2D eigenvalue weighted by atomic mass is 32.2. The lowest BCUT2D eigenvalue weighted by molar-refractivity contribution is -0.159. The van der Waals surface area contributed by atoms with E-state index in [1.165, 1.54) is 0 Å². The van der Waals surface area contributed by atoms with Crippen LogP contribution in [-0.2, 0) is 38.1 Å². The van der Waals surface area contributed by atoms with Crippen LogP contribution in [0.3, 0.4) is 0 Å². The van der Waals surface area contributed by atoms with Crippen molar-refractivity contribution in [1.82, 2.24) is 0 Å². The Balaban J connectivity index is 1.28. The highest BCUT2D eigenvalue weighted by Gasteiger charge is 2.83. The molecule has 8 nitrogen and oxygen atoms in total. The average Bonchev–Trinajstić information content (AvgIpc) is 3.08. The normalized spacial score (nSPS) is 44.2. The van der Waals surface area contributed by atoms with Crippen LogP contribution in [0.5, 0.6) is 0 Å². The van der Waals surface area contributed by atoms with Crippen molar-refractivity contribution in [2.45, 2.75) is 30.8 Å². The van der Waals surface area contributed by atoms with Gasteiger partial charge in [-0.3, -0.25) is 4.18 Å². The number of carbonyl (C=O) groups excluding carboxylic acids is 2. The van der Waals surface area contributed by atoms with Crippen LogP contribution in [0.25, 0.3) is 0 Å². The molecule has 25 heavy (non-hydrogen) atoms. The fourth-order valence-electron chi connectivity index (χ4n) is 5.17. The maximum Gasteiger partial charge on any atom is 0.344 e. The zero-order chi connectivity index (χ0) is 18.0. The van der Waals surface area contributed by atoms with Crippen molar-refractivity contribution in [3.8, 4) is 0 Å². The number of hydrogen-bond donors (Lipinski definition) is 0. The van der Waals surface area contributed by atoms with Gasteiger partial charge in [-0.2, -0.15) is 8.42 Å². The van der Waals surface area contributed by atoms with Crippen LogP contribution in [-0.4, -0.2) is 57.6 Å². The molecule has 0 aromatic carbocycles. The fourth-order valence-corrected chi connectivity index (χ4v) is 7.56. The Morgan fingerprint density at radius 2 is 2.04 bits per heavy atom. The molecule has 0 N–H and O–H groups in total. The second-order valence-corrected chi connectivity index (χ2v) is 9.01. The quantitative estimate of drug-likeness (QED) is 0.267.